The number of hydrogen-bond acceptors (Lipinski definition) is 3. The van der Waals surface area contributed by atoms with Gasteiger partial charge in [-0.25, -0.2) is 0 Å². The minimum Gasteiger partial charge on any atom is -0.396 e. The standard InChI is InChI=1S/C17H23NO2/c19-13-17-8-6-16(20)10-15(17)7-9-18(12-17)11-14-4-2-1-3-5-14/h1-5,15,19H,6-13H2/t15-,17+/m1/s1. The van der Waals surface area contributed by atoms with Gasteiger partial charge in [0.25, 0.3) is 0 Å². The summed E-state index contributed by atoms with van der Waals surface area (Å²) in [7, 11) is 0. The van der Waals surface area contributed by atoms with E-state index in [1.807, 2.05) is 6.07 Å². The highest BCUT2D eigenvalue weighted by Gasteiger charge is 2.46. The largest absolute Gasteiger partial charge is 0.396 e. The number of likely N-dealkylation sites (tertiary alicyclic amines) is 1. The highest BCUT2D eigenvalue weighted by Crippen LogP contribution is 2.45. The molecule has 2 fully saturated rings. The van der Waals surface area contributed by atoms with Crippen molar-refractivity contribution in [3.63, 3.8) is 0 Å². The van der Waals surface area contributed by atoms with E-state index in [2.05, 4.69) is 29.2 Å². The van der Waals surface area contributed by atoms with Crippen LogP contribution in [-0.2, 0) is 11.3 Å². The van der Waals surface area contributed by atoms with E-state index in [4.69, 9.17) is 0 Å². The third-order valence-corrected chi connectivity index (χ3v) is 5.14. The zero-order valence-electron chi connectivity index (χ0n) is 11.9. The van der Waals surface area contributed by atoms with Crippen LogP contribution in [0.5, 0.6) is 0 Å². The predicted octanol–water partition coefficient (Wildman–Crippen LogP) is 2.24. The van der Waals surface area contributed by atoms with Gasteiger partial charge in [-0.05, 0) is 30.9 Å². The molecule has 3 nitrogen and oxygen atoms in total. The number of aliphatic hydroxyl groups excluding tert-OH is 1. The van der Waals surface area contributed by atoms with Gasteiger partial charge in [0.1, 0.15) is 5.78 Å². The molecule has 108 valence electrons. The lowest BCUT2D eigenvalue weighted by Gasteiger charge is -2.49. The summed E-state index contributed by atoms with van der Waals surface area (Å²) in [4.78, 5) is 14.1. The first-order valence-electron chi connectivity index (χ1n) is 7.61. The van der Waals surface area contributed by atoms with Gasteiger partial charge >= 0.3 is 0 Å². The molecule has 1 aliphatic carbocycles. The second-order valence-corrected chi connectivity index (χ2v) is 6.45. The summed E-state index contributed by atoms with van der Waals surface area (Å²) >= 11 is 0. The van der Waals surface area contributed by atoms with Gasteiger partial charge in [-0.2, -0.15) is 0 Å². The van der Waals surface area contributed by atoms with Crippen LogP contribution in [0.25, 0.3) is 0 Å². The van der Waals surface area contributed by atoms with Gasteiger partial charge < -0.3 is 5.11 Å². The number of carbonyl (C=O) groups is 1. The number of nitrogens with zero attached hydrogens (tertiary/aromatic N) is 1. The molecule has 1 heterocycles. The highest BCUT2D eigenvalue weighted by molar-refractivity contribution is 5.79. The Hall–Kier alpha value is -1.19. The second kappa shape index (κ2) is 5.66. The van der Waals surface area contributed by atoms with Crippen molar-refractivity contribution < 1.29 is 9.90 Å². The molecule has 0 spiro atoms. The molecule has 0 amide bonds. The molecule has 1 aromatic carbocycles. The normalized spacial score (nSPS) is 31.1. The van der Waals surface area contributed by atoms with Crippen LogP contribution < -0.4 is 0 Å². The van der Waals surface area contributed by atoms with E-state index in [-0.39, 0.29) is 12.0 Å². The van der Waals surface area contributed by atoms with Crippen LogP contribution in [0.3, 0.4) is 0 Å². The summed E-state index contributed by atoms with van der Waals surface area (Å²) in [6.45, 7) is 3.13. The van der Waals surface area contributed by atoms with Crippen LogP contribution in [-0.4, -0.2) is 35.5 Å². The second-order valence-electron chi connectivity index (χ2n) is 6.45. The van der Waals surface area contributed by atoms with E-state index in [0.717, 1.165) is 32.5 Å². The Morgan fingerprint density at radius 3 is 2.85 bits per heavy atom. The highest BCUT2D eigenvalue weighted by atomic mass is 16.3. The number of ketones is 1. The van der Waals surface area contributed by atoms with Crippen molar-refractivity contribution in [2.45, 2.75) is 32.2 Å². The van der Waals surface area contributed by atoms with E-state index >= 15 is 0 Å². The van der Waals surface area contributed by atoms with Gasteiger partial charge in [0, 0.05) is 31.3 Å². The molecule has 1 saturated heterocycles. The summed E-state index contributed by atoms with van der Waals surface area (Å²) in [5, 5.41) is 9.91. The van der Waals surface area contributed by atoms with Crippen molar-refractivity contribution >= 4 is 5.78 Å². The number of piperidine rings is 1. The Balaban J connectivity index is 1.70. The molecule has 0 unspecified atom stereocenters. The van der Waals surface area contributed by atoms with Crippen LogP contribution >= 0.6 is 0 Å². The number of aliphatic hydroxyl groups is 1. The molecule has 0 radical (unpaired) electrons. The molecule has 1 N–H and O–H groups in total. The van der Waals surface area contributed by atoms with E-state index < -0.39 is 0 Å². The van der Waals surface area contributed by atoms with Crippen molar-refractivity contribution in [1.82, 2.24) is 4.90 Å². The van der Waals surface area contributed by atoms with Crippen molar-refractivity contribution in [2.24, 2.45) is 11.3 Å². The van der Waals surface area contributed by atoms with Crippen molar-refractivity contribution in [2.75, 3.05) is 19.7 Å². The summed E-state index contributed by atoms with van der Waals surface area (Å²) < 4.78 is 0. The molecule has 2 aliphatic rings. The quantitative estimate of drug-likeness (QED) is 0.918. The predicted molar refractivity (Wildman–Crippen MR) is 78.2 cm³/mol. The van der Waals surface area contributed by atoms with Gasteiger partial charge in [-0.1, -0.05) is 30.3 Å². The van der Waals surface area contributed by atoms with Crippen LogP contribution in [0, 0.1) is 11.3 Å². The topological polar surface area (TPSA) is 40.5 Å². The molecule has 0 aromatic heterocycles. The summed E-state index contributed by atoms with van der Waals surface area (Å²) in [5.74, 6) is 0.774. The Kier molecular flexibility index (Phi) is 3.90. The van der Waals surface area contributed by atoms with Gasteiger partial charge in [0.2, 0.25) is 0 Å². The molecule has 2 atom stereocenters. The Morgan fingerprint density at radius 1 is 1.30 bits per heavy atom. The number of Topliss-reactive ketones (excluding diaryl/α,β-unsaturated/α-hetero) is 1. The van der Waals surface area contributed by atoms with Crippen LogP contribution in [0.4, 0.5) is 0 Å². The fourth-order valence-electron chi connectivity index (χ4n) is 3.90. The third kappa shape index (κ3) is 2.65. The number of fused-ring (bicyclic) bond motifs is 1. The molecule has 0 bridgehead atoms. The van der Waals surface area contributed by atoms with Gasteiger partial charge in [-0.3, -0.25) is 9.69 Å². The first-order valence-corrected chi connectivity index (χ1v) is 7.61. The Labute approximate surface area is 120 Å². The molecular weight excluding hydrogens is 250 g/mol. The molecule has 3 rings (SSSR count). The lowest BCUT2D eigenvalue weighted by atomic mass is 9.63. The average Bonchev–Trinajstić information content (AvgIpc) is 2.49. The smallest absolute Gasteiger partial charge is 0.133 e. The number of rotatable bonds is 3. The van der Waals surface area contributed by atoms with Crippen LogP contribution in [0.15, 0.2) is 30.3 Å². The number of carbonyl (C=O) groups excluding carboxylic acids is 1. The Bertz CT molecular complexity index is 473. The minimum absolute atomic E-state index is 0.0407. The lowest BCUT2D eigenvalue weighted by Crippen LogP contribution is -2.53. The fraction of sp³-hybridized carbons (Fsp3) is 0.588. The summed E-state index contributed by atoms with van der Waals surface area (Å²) in [6.07, 6.45) is 3.23. The first kappa shape index (κ1) is 13.8. The maximum absolute atomic E-state index is 11.7. The maximum Gasteiger partial charge on any atom is 0.133 e. The van der Waals surface area contributed by atoms with E-state index in [9.17, 15) is 9.90 Å². The van der Waals surface area contributed by atoms with E-state index in [1.165, 1.54) is 5.56 Å². The average molecular weight is 273 g/mol. The third-order valence-electron chi connectivity index (χ3n) is 5.14. The van der Waals surface area contributed by atoms with E-state index in [0.29, 0.717) is 24.5 Å². The maximum atomic E-state index is 11.7. The monoisotopic (exact) mass is 273 g/mol. The van der Waals surface area contributed by atoms with Crippen molar-refractivity contribution in [1.29, 1.82) is 0 Å². The zero-order valence-corrected chi connectivity index (χ0v) is 11.9. The number of hydrogen-bond donors (Lipinski definition) is 1. The molecule has 3 heteroatoms. The molecule has 1 aromatic rings. The fourth-order valence-corrected chi connectivity index (χ4v) is 3.90. The Morgan fingerprint density at radius 2 is 2.10 bits per heavy atom. The summed E-state index contributed by atoms with van der Waals surface area (Å²) in [5.41, 5.74) is 1.28. The van der Waals surface area contributed by atoms with Crippen LogP contribution in [0.1, 0.15) is 31.2 Å². The molecular formula is C17H23NO2. The molecule has 1 saturated carbocycles. The lowest BCUT2D eigenvalue weighted by molar-refractivity contribution is -0.130. The van der Waals surface area contributed by atoms with Gasteiger partial charge in [0.05, 0.1) is 6.61 Å². The van der Waals surface area contributed by atoms with Crippen molar-refractivity contribution in [3.8, 4) is 0 Å². The van der Waals surface area contributed by atoms with Gasteiger partial charge in [-0.15, -0.1) is 0 Å². The van der Waals surface area contributed by atoms with Gasteiger partial charge in [0.15, 0.2) is 0 Å². The van der Waals surface area contributed by atoms with E-state index in [1.54, 1.807) is 0 Å². The SMILES string of the molecule is O=C1CC[C@@]2(CO)CN(Cc3ccccc3)CC[C@@H]2C1. The number of benzene rings is 1. The van der Waals surface area contributed by atoms with Crippen molar-refractivity contribution in [3.05, 3.63) is 35.9 Å². The van der Waals surface area contributed by atoms with Crippen LogP contribution in [0.2, 0.25) is 0 Å². The molecule has 1 aliphatic heterocycles. The zero-order chi connectivity index (χ0) is 14.0. The summed E-state index contributed by atoms with van der Waals surface area (Å²) in [6, 6.07) is 10.5. The first-order chi connectivity index (χ1) is 9.72. The molecule has 20 heavy (non-hydrogen) atoms. The minimum atomic E-state index is -0.0407.